The lowest BCUT2D eigenvalue weighted by molar-refractivity contribution is 0.669. The van der Waals surface area contributed by atoms with E-state index in [4.69, 9.17) is 19.4 Å². The SMILES string of the molecule is c1ccc(-c2ccc3oc4cc(-c5nc(-c6ccccc6)nc(-c6cccc7ccccc67)n5)ccc4c3c2)cc1. The van der Waals surface area contributed by atoms with E-state index in [-0.39, 0.29) is 0 Å². The Kier molecular flexibility index (Phi) is 5.42. The molecule has 0 saturated carbocycles. The third-order valence-electron chi connectivity index (χ3n) is 7.53. The molecule has 2 heterocycles. The van der Waals surface area contributed by atoms with E-state index in [1.807, 2.05) is 66.7 Å². The second-order valence-corrected chi connectivity index (χ2v) is 10.1. The first kappa shape index (κ1) is 23.3. The van der Waals surface area contributed by atoms with Crippen molar-refractivity contribution in [2.45, 2.75) is 0 Å². The Hall–Kier alpha value is -5.61. The zero-order chi connectivity index (χ0) is 27.2. The van der Waals surface area contributed by atoms with Crippen LogP contribution in [0.1, 0.15) is 0 Å². The minimum atomic E-state index is 0.606. The van der Waals surface area contributed by atoms with E-state index < -0.39 is 0 Å². The molecule has 6 aromatic carbocycles. The van der Waals surface area contributed by atoms with Crippen molar-refractivity contribution in [3.8, 4) is 45.3 Å². The number of hydrogen-bond donors (Lipinski definition) is 0. The molecule has 0 unspecified atom stereocenters. The Morgan fingerprint density at radius 3 is 1.85 bits per heavy atom. The maximum Gasteiger partial charge on any atom is 0.164 e. The summed E-state index contributed by atoms with van der Waals surface area (Å²) in [6.07, 6.45) is 0. The van der Waals surface area contributed by atoms with Gasteiger partial charge in [0.25, 0.3) is 0 Å². The smallest absolute Gasteiger partial charge is 0.164 e. The van der Waals surface area contributed by atoms with Crippen LogP contribution >= 0.6 is 0 Å². The summed E-state index contributed by atoms with van der Waals surface area (Å²) in [5.41, 5.74) is 6.79. The van der Waals surface area contributed by atoms with Crippen molar-refractivity contribution in [2.24, 2.45) is 0 Å². The minimum Gasteiger partial charge on any atom is -0.456 e. The van der Waals surface area contributed by atoms with Gasteiger partial charge in [-0.25, -0.2) is 15.0 Å². The molecular weight excluding hydrogens is 502 g/mol. The molecule has 2 aromatic heterocycles. The van der Waals surface area contributed by atoms with Crippen LogP contribution in [0.2, 0.25) is 0 Å². The lowest BCUT2D eigenvalue weighted by Gasteiger charge is -2.10. The molecule has 4 heteroatoms. The quantitative estimate of drug-likeness (QED) is 0.230. The minimum absolute atomic E-state index is 0.606. The molecule has 8 rings (SSSR count). The van der Waals surface area contributed by atoms with Crippen LogP contribution in [0.5, 0.6) is 0 Å². The topological polar surface area (TPSA) is 51.8 Å². The number of aromatic nitrogens is 3. The van der Waals surface area contributed by atoms with Gasteiger partial charge in [0.05, 0.1) is 0 Å². The second-order valence-electron chi connectivity index (χ2n) is 10.1. The van der Waals surface area contributed by atoms with E-state index in [1.165, 1.54) is 5.56 Å². The summed E-state index contributed by atoms with van der Waals surface area (Å²) in [5, 5.41) is 4.40. The molecule has 4 nitrogen and oxygen atoms in total. The van der Waals surface area contributed by atoms with Crippen LogP contribution < -0.4 is 0 Å². The van der Waals surface area contributed by atoms with Gasteiger partial charge in [0.2, 0.25) is 0 Å². The fourth-order valence-electron chi connectivity index (χ4n) is 5.49. The van der Waals surface area contributed by atoms with Gasteiger partial charge in [-0.1, -0.05) is 115 Å². The molecule has 41 heavy (non-hydrogen) atoms. The molecule has 0 radical (unpaired) electrons. The third-order valence-corrected chi connectivity index (χ3v) is 7.53. The molecular formula is C37H23N3O. The highest BCUT2D eigenvalue weighted by Crippen LogP contribution is 2.35. The summed E-state index contributed by atoms with van der Waals surface area (Å²) >= 11 is 0. The number of furan rings is 1. The van der Waals surface area contributed by atoms with Gasteiger partial charge in [-0.2, -0.15) is 0 Å². The number of benzene rings is 6. The van der Waals surface area contributed by atoms with Crippen molar-refractivity contribution >= 4 is 32.7 Å². The molecule has 0 spiro atoms. The molecule has 0 bridgehead atoms. The van der Waals surface area contributed by atoms with E-state index in [0.717, 1.165) is 55.0 Å². The Bertz CT molecular complexity index is 2200. The largest absolute Gasteiger partial charge is 0.456 e. The van der Waals surface area contributed by atoms with Crippen LogP contribution in [-0.2, 0) is 0 Å². The lowest BCUT2D eigenvalue weighted by Crippen LogP contribution is -2.00. The van der Waals surface area contributed by atoms with Gasteiger partial charge in [-0.05, 0) is 46.2 Å². The van der Waals surface area contributed by atoms with Gasteiger partial charge in [0.15, 0.2) is 17.5 Å². The van der Waals surface area contributed by atoms with E-state index in [1.54, 1.807) is 0 Å². The number of nitrogens with zero attached hydrogens (tertiary/aromatic N) is 3. The van der Waals surface area contributed by atoms with E-state index in [2.05, 4.69) is 72.8 Å². The predicted octanol–water partition coefficient (Wildman–Crippen LogP) is 9.59. The maximum atomic E-state index is 6.32. The molecule has 0 saturated heterocycles. The average Bonchev–Trinajstić information content (AvgIpc) is 3.42. The summed E-state index contributed by atoms with van der Waals surface area (Å²) in [5.74, 6) is 1.88. The van der Waals surface area contributed by atoms with E-state index in [9.17, 15) is 0 Å². The Balaban J connectivity index is 1.30. The average molecular weight is 526 g/mol. The summed E-state index contributed by atoms with van der Waals surface area (Å²) in [6, 6.07) is 47.6. The molecule has 0 amide bonds. The molecule has 0 aliphatic heterocycles. The standard InChI is InChI=1S/C37H23N3O/c1-3-10-24(11-4-1)27-19-21-33-32(22-27)30-20-18-28(23-34(30)41-33)36-38-35(26-13-5-2-6-14-26)39-37(40-36)31-17-9-15-25-12-7-8-16-29(25)31/h1-23H. The zero-order valence-corrected chi connectivity index (χ0v) is 22.0. The fourth-order valence-corrected chi connectivity index (χ4v) is 5.49. The first-order valence-corrected chi connectivity index (χ1v) is 13.6. The zero-order valence-electron chi connectivity index (χ0n) is 22.0. The molecule has 0 fully saturated rings. The Morgan fingerprint density at radius 2 is 1.02 bits per heavy atom. The lowest BCUT2D eigenvalue weighted by atomic mass is 10.0. The van der Waals surface area contributed by atoms with Crippen LogP contribution in [0, 0.1) is 0 Å². The summed E-state index contributed by atoms with van der Waals surface area (Å²) < 4.78 is 6.32. The van der Waals surface area contributed by atoms with Crippen molar-refractivity contribution < 1.29 is 4.42 Å². The van der Waals surface area contributed by atoms with Crippen LogP contribution in [0.25, 0.3) is 78.0 Å². The van der Waals surface area contributed by atoms with Gasteiger partial charge in [0.1, 0.15) is 11.2 Å². The van der Waals surface area contributed by atoms with Crippen molar-refractivity contribution in [3.63, 3.8) is 0 Å². The number of hydrogen-bond acceptors (Lipinski definition) is 4. The highest BCUT2D eigenvalue weighted by atomic mass is 16.3. The first-order chi connectivity index (χ1) is 20.3. The van der Waals surface area contributed by atoms with E-state index >= 15 is 0 Å². The third kappa shape index (κ3) is 4.14. The molecule has 192 valence electrons. The Morgan fingerprint density at radius 1 is 0.366 bits per heavy atom. The molecule has 8 aromatic rings. The Labute approximate surface area is 236 Å². The van der Waals surface area contributed by atoms with Gasteiger partial charge < -0.3 is 4.42 Å². The highest BCUT2D eigenvalue weighted by Gasteiger charge is 2.16. The molecule has 0 aliphatic rings. The van der Waals surface area contributed by atoms with Crippen molar-refractivity contribution in [1.29, 1.82) is 0 Å². The van der Waals surface area contributed by atoms with Crippen molar-refractivity contribution in [1.82, 2.24) is 15.0 Å². The molecule has 0 N–H and O–H groups in total. The van der Waals surface area contributed by atoms with Crippen molar-refractivity contribution in [2.75, 3.05) is 0 Å². The maximum absolute atomic E-state index is 6.32. The van der Waals surface area contributed by atoms with Gasteiger partial charge in [-0.3, -0.25) is 0 Å². The number of fused-ring (bicyclic) bond motifs is 4. The number of rotatable bonds is 4. The van der Waals surface area contributed by atoms with Crippen molar-refractivity contribution in [3.05, 3.63) is 140 Å². The monoisotopic (exact) mass is 525 g/mol. The summed E-state index contributed by atoms with van der Waals surface area (Å²) in [4.78, 5) is 14.9. The van der Waals surface area contributed by atoms with Crippen LogP contribution in [0.4, 0.5) is 0 Å². The van der Waals surface area contributed by atoms with Crippen LogP contribution in [-0.4, -0.2) is 15.0 Å². The van der Waals surface area contributed by atoms with Crippen LogP contribution in [0.3, 0.4) is 0 Å². The predicted molar refractivity (Wildman–Crippen MR) is 166 cm³/mol. The first-order valence-electron chi connectivity index (χ1n) is 13.6. The fraction of sp³-hybridized carbons (Fsp3) is 0. The highest BCUT2D eigenvalue weighted by molar-refractivity contribution is 6.07. The second kappa shape index (κ2) is 9.54. The van der Waals surface area contributed by atoms with Gasteiger partial charge in [0, 0.05) is 27.5 Å². The van der Waals surface area contributed by atoms with E-state index in [0.29, 0.717) is 17.5 Å². The van der Waals surface area contributed by atoms with Gasteiger partial charge >= 0.3 is 0 Å². The molecule has 0 atom stereocenters. The summed E-state index contributed by atoms with van der Waals surface area (Å²) in [6.45, 7) is 0. The van der Waals surface area contributed by atoms with Crippen LogP contribution in [0.15, 0.2) is 144 Å². The van der Waals surface area contributed by atoms with Gasteiger partial charge in [-0.15, -0.1) is 0 Å². The normalized spacial score (nSPS) is 11.4. The summed E-state index contributed by atoms with van der Waals surface area (Å²) in [7, 11) is 0. The molecule has 0 aliphatic carbocycles.